The minimum Gasteiger partial charge on any atom is -0.350 e. The predicted molar refractivity (Wildman–Crippen MR) is 105 cm³/mol. The molecule has 1 rings (SSSR count). The van der Waals surface area contributed by atoms with Gasteiger partial charge >= 0.3 is 0 Å². The summed E-state index contributed by atoms with van der Waals surface area (Å²) in [6.07, 6.45) is 13.4. The lowest BCUT2D eigenvalue weighted by Crippen LogP contribution is -2.32. The molecule has 7 nitrogen and oxygen atoms in total. The number of hydrogen-bond acceptors (Lipinski definition) is 5. The summed E-state index contributed by atoms with van der Waals surface area (Å²) in [7, 11) is -3.58. The van der Waals surface area contributed by atoms with Gasteiger partial charge in [-0.25, -0.2) is 8.42 Å². The third kappa shape index (κ3) is 10.8. The number of amides is 1. The number of amidine groups is 1. The number of sulfonamides is 1. The lowest BCUT2D eigenvalue weighted by molar-refractivity contribution is 0.0954. The Bertz CT molecular complexity index is 759. The number of hydrogen-bond donors (Lipinski definition) is 2. The molecule has 0 aliphatic rings. The van der Waals surface area contributed by atoms with Gasteiger partial charge in [-0.3, -0.25) is 19.5 Å². The molecule has 8 heteroatoms. The van der Waals surface area contributed by atoms with E-state index in [1.165, 1.54) is 18.5 Å². The molecule has 1 aromatic rings. The molecule has 0 aliphatic carbocycles. The fraction of sp³-hybridized carbons (Fsp3) is 0.278. The average Bonchev–Trinajstić information content (AvgIpc) is 2.64. The summed E-state index contributed by atoms with van der Waals surface area (Å²) in [5.74, 6) is 1.50. The summed E-state index contributed by atoms with van der Waals surface area (Å²) < 4.78 is 25.1. The Morgan fingerprint density at radius 1 is 1.35 bits per heavy atom. The van der Waals surface area contributed by atoms with Crippen LogP contribution < -0.4 is 10.0 Å². The number of nitrogens with zero attached hydrogens (tertiary/aromatic N) is 2. The van der Waals surface area contributed by atoms with E-state index in [9.17, 15) is 13.2 Å². The van der Waals surface area contributed by atoms with E-state index in [-0.39, 0.29) is 30.6 Å². The highest BCUT2D eigenvalue weighted by molar-refractivity contribution is 7.90. The Labute approximate surface area is 155 Å². The Hall–Kier alpha value is -2.92. The Balaban J connectivity index is 0.00000141. The van der Waals surface area contributed by atoms with Gasteiger partial charge < -0.3 is 5.32 Å². The normalized spacial score (nSPS) is 11.0. The van der Waals surface area contributed by atoms with E-state index in [1.807, 2.05) is 26.0 Å². The summed E-state index contributed by atoms with van der Waals surface area (Å²) >= 11 is 0. The van der Waals surface area contributed by atoms with Gasteiger partial charge in [0.2, 0.25) is 10.0 Å². The van der Waals surface area contributed by atoms with Crippen LogP contribution in [0.2, 0.25) is 0 Å². The number of rotatable bonds is 7. The van der Waals surface area contributed by atoms with E-state index in [2.05, 4.69) is 32.5 Å². The molecular weight excluding hydrogens is 352 g/mol. The summed E-state index contributed by atoms with van der Waals surface area (Å²) in [6.45, 7) is 7.70. The zero-order valence-electron chi connectivity index (χ0n) is 15.0. The van der Waals surface area contributed by atoms with E-state index in [1.54, 1.807) is 12.1 Å². The van der Waals surface area contributed by atoms with Crippen molar-refractivity contribution in [3.8, 4) is 12.3 Å². The van der Waals surface area contributed by atoms with Crippen molar-refractivity contribution in [1.29, 1.82) is 0 Å². The zero-order valence-corrected chi connectivity index (χ0v) is 15.8. The molecule has 0 spiro atoms. The standard InChI is InChI=1S/C14H16N4O3S.C4H8/c1-3-11-22(20,21)18-13(4-2)16-9-10-17-14(19)12-5-7-15-8-6-12;1-3-4-2/h2-3,5-8H,1,9-11H2,(H,16,18)(H,17,19);3-4H,1-2H3/b;4-3-. The molecule has 0 aliphatic heterocycles. The van der Waals surface area contributed by atoms with Gasteiger partial charge in [-0.1, -0.05) is 18.2 Å². The van der Waals surface area contributed by atoms with Crippen LogP contribution in [0.5, 0.6) is 0 Å². The minimum atomic E-state index is -3.58. The Kier molecular flexibility index (Phi) is 11.9. The molecule has 1 amide bonds. The van der Waals surface area contributed by atoms with E-state index in [0.717, 1.165) is 0 Å². The smallest absolute Gasteiger partial charge is 0.251 e. The van der Waals surface area contributed by atoms with Crippen molar-refractivity contribution in [2.75, 3.05) is 18.8 Å². The molecule has 0 unspecified atom stereocenters. The fourth-order valence-electron chi connectivity index (χ4n) is 1.39. The molecule has 0 saturated carbocycles. The maximum absolute atomic E-state index is 11.7. The van der Waals surface area contributed by atoms with E-state index in [4.69, 9.17) is 6.42 Å². The number of carbonyl (C=O) groups excluding carboxylic acids is 1. The highest BCUT2D eigenvalue weighted by Crippen LogP contribution is 1.95. The third-order valence-electron chi connectivity index (χ3n) is 2.67. The maximum Gasteiger partial charge on any atom is 0.251 e. The van der Waals surface area contributed by atoms with Crippen LogP contribution in [0.3, 0.4) is 0 Å². The van der Waals surface area contributed by atoms with Crippen LogP contribution in [-0.2, 0) is 10.0 Å². The number of carbonyl (C=O) groups is 1. The highest BCUT2D eigenvalue weighted by atomic mass is 32.2. The number of terminal acetylenes is 1. The van der Waals surface area contributed by atoms with Crippen LogP contribution in [0.1, 0.15) is 24.2 Å². The van der Waals surface area contributed by atoms with Crippen molar-refractivity contribution in [3.63, 3.8) is 0 Å². The SMILES string of the molecule is C#CC(=NCCNC(=O)c1ccncc1)NS(=O)(=O)CC=C.C/C=C\C. The quantitative estimate of drug-likeness (QED) is 0.248. The molecule has 1 aromatic heterocycles. The van der Waals surface area contributed by atoms with Crippen molar-refractivity contribution in [3.05, 3.63) is 54.9 Å². The molecule has 0 atom stereocenters. The highest BCUT2D eigenvalue weighted by Gasteiger charge is 2.09. The van der Waals surface area contributed by atoms with Gasteiger partial charge in [-0.2, -0.15) is 0 Å². The van der Waals surface area contributed by atoms with Crippen LogP contribution in [0.4, 0.5) is 0 Å². The molecule has 1 heterocycles. The molecule has 2 N–H and O–H groups in total. The molecule has 0 bridgehead atoms. The first kappa shape index (κ1) is 23.1. The van der Waals surface area contributed by atoms with Crippen LogP contribution in [-0.4, -0.2) is 44.0 Å². The minimum absolute atomic E-state index is 0.111. The van der Waals surface area contributed by atoms with Crippen molar-refractivity contribution in [1.82, 2.24) is 15.0 Å². The molecule has 0 saturated heterocycles. The van der Waals surface area contributed by atoms with Crippen molar-refractivity contribution in [2.45, 2.75) is 13.8 Å². The van der Waals surface area contributed by atoms with Gasteiger partial charge in [-0.15, -0.1) is 13.0 Å². The average molecular weight is 376 g/mol. The molecule has 26 heavy (non-hydrogen) atoms. The van der Waals surface area contributed by atoms with Crippen LogP contribution in [0.25, 0.3) is 0 Å². The van der Waals surface area contributed by atoms with Gasteiger partial charge in [-0.05, 0) is 31.9 Å². The zero-order chi connectivity index (χ0) is 19.8. The lowest BCUT2D eigenvalue weighted by atomic mass is 10.2. The van der Waals surface area contributed by atoms with Crippen LogP contribution in [0.15, 0.2) is 54.3 Å². The third-order valence-corrected chi connectivity index (χ3v) is 3.85. The number of aliphatic imine (C=N–C) groups is 1. The van der Waals surface area contributed by atoms with Gasteiger partial charge in [0.25, 0.3) is 5.91 Å². The van der Waals surface area contributed by atoms with Crippen LogP contribution in [0, 0.1) is 12.3 Å². The molecule has 140 valence electrons. The number of aromatic nitrogens is 1. The molecule has 0 radical (unpaired) electrons. The molecule has 0 aromatic carbocycles. The first-order valence-electron chi connectivity index (χ1n) is 7.78. The first-order valence-corrected chi connectivity index (χ1v) is 9.43. The Morgan fingerprint density at radius 2 is 1.96 bits per heavy atom. The summed E-state index contributed by atoms with van der Waals surface area (Å²) in [6, 6.07) is 3.16. The van der Waals surface area contributed by atoms with Gasteiger partial charge in [0, 0.05) is 24.5 Å². The summed E-state index contributed by atoms with van der Waals surface area (Å²) in [4.78, 5) is 19.4. The van der Waals surface area contributed by atoms with Gasteiger partial charge in [0.15, 0.2) is 5.84 Å². The van der Waals surface area contributed by atoms with Crippen molar-refractivity contribution in [2.24, 2.45) is 4.99 Å². The number of allylic oxidation sites excluding steroid dienone is 2. The first-order chi connectivity index (χ1) is 12.4. The van der Waals surface area contributed by atoms with Gasteiger partial charge in [0.05, 0.1) is 12.3 Å². The monoisotopic (exact) mass is 376 g/mol. The van der Waals surface area contributed by atoms with E-state index < -0.39 is 10.0 Å². The summed E-state index contributed by atoms with van der Waals surface area (Å²) in [5, 5.41) is 2.63. The van der Waals surface area contributed by atoms with Gasteiger partial charge in [0.1, 0.15) is 0 Å². The van der Waals surface area contributed by atoms with Crippen LogP contribution >= 0.6 is 0 Å². The second-order valence-electron chi connectivity index (χ2n) is 4.71. The lowest BCUT2D eigenvalue weighted by Gasteiger charge is -2.05. The van der Waals surface area contributed by atoms with E-state index >= 15 is 0 Å². The number of nitrogens with one attached hydrogen (secondary N) is 2. The predicted octanol–water partition coefficient (Wildman–Crippen LogP) is 1.53. The number of pyridine rings is 1. The van der Waals surface area contributed by atoms with Crippen molar-refractivity contribution < 1.29 is 13.2 Å². The second-order valence-corrected chi connectivity index (χ2v) is 6.47. The fourth-order valence-corrected chi connectivity index (χ4v) is 2.21. The molecule has 0 fully saturated rings. The molecular formula is C18H24N4O3S. The second kappa shape index (κ2) is 13.4. The van der Waals surface area contributed by atoms with E-state index in [0.29, 0.717) is 5.56 Å². The topological polar surface area (TPSA) is 101 Å². The largest absolute Gasteiger partial charge is 0.350 e. The maximum atomic E-state index is 11.7. The summed E-state index contributed by atoms with van der Waals surface area (Å²) in [5.41, 5.74) is 0.475. The van der Waals surface area contributed by atoms with Crippen molar-refractivity contribution >= 4 is 21.8 Å². The Morgan fingerprint density at radius 3 is 2.46 bits per heavy atom.